The van der Waals surface area contributed by atoms with E-state index in [0.717, 1.165) is 19.3 Å². The summed E-state index contributed by atoms with van der Waals surface area (Å²) in [5.74, 6) is -9.04. The summed E-state index contributed by atoms with van der Waals surface area (Å²) in [5, 5.41) is 0. The lowest BCUT2D eigenvalue weighted by Gasteiger charge is -2.24. The Morgan fingerprint density at radius 2 is 1.62 bits per heavy atom. The van der Waals surface area contributed by atoms with Crippen molar-refractivity contribution >= 4 is 11.9 Å². The second-order valence-corrected chi connectivity index (χ2v) is 4.51. The largest absolute Gasteiger partial charge is 0.464 e. The van der Waals surface area contributed by atoms with Crippen molar-refractivity contribution in [1.29, 1.82) is 0 Å². The van der Waals surface area contributed by atoms with E-state index >= 15 is 0 Å². The Labute approximate surface area is 119 Å². The van der Waals surface area contributed by atoms with E-state index in [9.17, 15) is 31.5 Å². The van der Waals surface area contributed by atoms with E-state index in [1.54, 1.807) is 0 Å². The van der Waals surface area contributed by atoms with E-state index < -0.39 is 30.5 Å². The molecule has 0 rings (SSSR count). The zero-order valence-corrected chi connectivity index (χ0v) is 11.8. The predicted octanol–water partition coefficient (Wildman–Crippen LogP) is 2.77. The van der Waals surface area contributed by atoms with Gasteiger partial charge in [0.2, 0.25) is 0 Å². The Bertz CT molecular complexity index is 357. The van der Waals surface area contributed by atoms with Crippen LogP contribution in [0.25, 0.3) is 0 Å². The molecule has 0 aliphatic rings. The summed E-state index contributed by atoms with van der Waals surface area (Å²) >= 11 is 0. The summed E-state index contributed by atoms with van der Waals surface area (Å²) in [6.07, 6.45) is -2.71. The first-order valence-corrected chi connectivity index (χ1v) is 6.39. The molecule has 0 aromatic rings. The van der Waals surface area contributed by atoms with Crippen LogP contribution in [0.15, 0.2) is 0 Å². The number of alkyl halides is 5. The number of halogens is 5. The summed E-state index contributed by atoms with van der Waals surface area (Å²) in [6.45, 7) is 1.06. The van der Waals surface area contributed by atoms with Gasteiger partial charge in [-0.1, -0.05) is 26.2 Å². The summed E-state index contributed by atoms with van der Waals surface area (Å²) in [7, 11) is 0.681. The molecule has 0 saturated heterocycles. The maximum Gasteiger partial charge on any atom is 0.463 e. The van der Waals surface area contributed by atoms with Crippen LogP contribution in [0.5, 0.6) is 0 Å². The molecular formula is C12H18F5NO3. The first-order chi connectivity index (χ1) is 9.54. The van der Waals surface area contributed by atoms with Gasteiger partial charge in [0, 0.05) is 7.05 Å². The highest BCUT2D eigenvalue weighted by Gasteiger charge is 2.64. The van der Waals surface area contributed by atoms with Crippen LogP contribution in [0.2, 0.25) is 0 Å². The monoisotopic (exact) mass is 319 g/mol. The molecule has 0 bridgehead atoms. The third-order valence-electron chi connectivity index (χ3n) is 2.60. The smallest absolute Gasteiger partial charge is 0.463 e. The molecule has 21 heavy (non-hydrogen) atoms. The number of likely N-dealkylation sites (N-methyl/N-ethyl adjacent to an activating group) is 1. The molecule has 124 valence electrons. The molecule has 0 aromatic heterocycles. The van der Waals surface area contributed by atoms with E-state index in [-0.39, 0.29) is 11.5 Å². The molecule has 0 radical (unpaired) electrons. The van der Waals surface area contributed by atoms with Crippen molar-refractivity contribution in [3.63, 3.8) is 0 Å². The number of hydrogen-bond donors (Lipinski definition) is 0. The lowest BCUT2D eigenvalue weighted by Crippen LogP contribution is -2.52. The van der Waals surface area contributed by atoms with Crippen LogP contribution < -0.4 is 0 Å². The fourth-order valence-corrected chi connectivity index (χ4v) is 1.39. The Hall–Kier alpha value is -1.41. The molecule has 0 atom stereocenters. The third kappa shape index (κ3) is 6.26. The third-order valence-corrected chi connectivity index (χ3v) is 2.60. The molecule has 0 aromatic carbocycles. The molecule has 9 heteroatoms. The molecule has 4 nitrogen and oxygen atoms in total. The minimum Gasteiger partial charge on any atom is -0.464 e. The van der Waals surface area contributed by atoms with Gasteiger partial charge >= 0.3 is 24.0 Å². The van der Waals surface area contributed by atoms with Crippen molar-refractivity contribution in [3.8, 4) is 0 Å². The number of esters is 1. The number of unbranched alkanes of at least 4 members (excludes halogenated alkanes) is 3. The summed E-state index contributed by atoms with van der Waals surface area (Å²) in [4.78, 5) is 22.2. The van der Waals surface area contributed by atoms with Gasteiger partial charge in [-0.15, -0.1) is 0 Å². The van der Waals surface area contributed by atoms with Crippen LogP contribution in [0.1, 0.15) is 32.6 Å². The van der Waals surface area contributed by atoms with Gasteiger partial charge in [-0.2, -0.15) is 22.0 Å². The zero-order valence-electron chi connectivity index (χ0n) is 11.8. The van der Waals surface area contributed by atoms with Crippen LogP contribution in [-0.4, -0.2) is 49.1 Å². The molecule has 0 aliphatic carbocycles. The van der Waals surface area contributed by atoms with E-state index in [4.69, 9.17) is 0 Å². The average Bonchev–Trinajstić information content (AvgIpc) is 2.36. The van der Waals surface area contributed by atoms with Crippen molar-refractivity contribution < 1.29 is 36.3 Å². The lowest BCUT2D eigenvalue weighted by atomic mass is 10.2. The average molecular weight is 319 g/mol. The van der Waals surface area contributed by atoms with Gasteiger partial charge < -0.3 is 9.64 Å². The van der Waals surface area contributed by atoms with E-state index in [2.05, 4.69) is 4.74 Å². The lowest BCUT2D eigenvalue weighted by molar-refractivity contribution is -0.274. The van der Waals surface area contributed by atoms with Crippen molar-refractivity contribution in [3.05, 3.63) is 0 Å². The van der Waals surface area contributed by atoms with Gasteiger partial charge in [-0.25, -0.2) is 0 Å². The number of hydrogen-bond acceptors (Lipinski definition) is 3. The molecule has 1 amide bonds. The fourth-order valence-electron chi connectivity index (χ4n) is 1.39. The SMILES string of the molecule is CCCCCCOC(=O)CN(C)C(=O)C(F)(F)C(F)(F)F. The van der Waals surface area contributed by atoms with Gasteiger partial charge in [-0.05, 0) is 6.42 Å². The first-order valence-electron chi connectivity index (χ1n) is 6.39. The van der Waals surface area contributed by atoms with E-state index in [0.29, 0.717) is 13.5 Å². The van der Waals surface area contributed by atoms with Crippen molar-refractivity contribution in [2.45, 2.75) is 44.7 Å². The minimum absolute atomic E-state index is 0.00185. The van der Waals surface area contributed by atoms with Crippen molar-refractivity contribution in [2.24, 2.45) is 0 Å². The van der Waals surface area contributed by atoms with Crippen LogP contribution in [-0.2, 0) is 14.3 Å². The summed E-state index contributed by atoms with van der Waals surface area (Å²) in [5.41, 5.74) is 0. The highest BCUT2D eigenvalue weighted by Crippen LogP contribution is 2.36. The molecule has 0 spiro atoms. The number of ether oxygens (including phenoxy) is 1. The highest BCUT2D eigenvalue weighted by molar-refractivity contribution is 5.87. The van der Waals surface area contributed by atoms with E-state index in [1.807, 2.05) is 6.92 Å². The molecule has 0 N–H and O–H groups in total. The fraction of sp³-hybridized carbons (Fsp3) is 0.833. The van der Waals surface area contributed by atoms with Crippen LogP contribution in [0.4, 0.5) is 22.0 Å². The number of carbonyl (C=O) groups excluding carboxylic acids is 2. The van der Waals surface area contributed by atoms with Crippen LogP contribution >= 0.6 is 0 Å². The van der Waals surface area contributed by atoms with Gasteiger partial charge in [0.15, 0.2) is 0 Å². The zero-order chi connectivity index (χ0) is 16.7. The molecule has 0 heterocycles. The maximum atomic E-state index is 12.7. The highest BCUT2D eigenvalue weighted by atomic mass is 19.4. The molecule has 0 saturated carbocycles. The Kier molecular flexibility index (Phi) is 7.59. The molecule has 0 aliphatic heterocycles. The van der Waals surface area contributed by atoms with Gasteiger partial charge in [0.25, 0.3) is 0 Å². The van der Waals surface area contributed by atoms with E-state index in [1.165, 1.54) is 0 Å². The van der Waals surface area contributed by atoms with Crippen molar-refractivity contribution in [1.82, 2.24) is 4.90 Å². The summed E-state index contributed by atoms with van der Waals surface area (Å²) in [6, 6.07) is 0. The number of amides is 1. The normalized spacial score (nSPS) is 12.1. The van der Waals surface area contributed by atoms with Crippen molar-refractivity contribution in [2.75, 3.05) is 20.2 Å². The van der Waals surface area contributed by atoms with Gasteiger partial charge in [-0.3, -0.25) is 9.59 Å². The second kappa shape index (κ2) is 8.14. The minimum atomic E-state index is -6.00. The number of nitrogens with zero attached hydrogens (tertiary/aromatic N) is 1. The quantitative estimate of drug-likeness (QED) is 0.393. The molecular weight excluding hydrogens is 301 g/mol. The van der Waals surface area contributed by atoms with Crippen LogP contribution in [0, 0.1) is 0 Å². The summed E-state index contributed by atoms with van der Waals surface area (Å²) < 4.78 is 66.1. The Morgan fingerprint density at radius 3 is 2.10 bits per heavy atom. The standard InChI is InChI=1S/C12H18F5NO3/c1-3-4-5-6-7-21-9(19)8-18(2)10(20)11(13,14)12(15,16)17/h3-8H2,1-2H3. The van der Waals surface area contributed by atoms with Crippen LogP contribution in [0.3, 0.4) is 0 Å². The Morgan fingerprint density at radius 1 is 1.05 bits per heavy atom. The second-order valence-electron chi connectivity index (χ2n) is 4.51. The van der Waals surface area contributed by atoms with Gasteiger partial charge in [0.1, 0.15) is 6.54 Å². The Balaban J connectivity index is 4.27. The van der Waals surface area contributed by atoms with Gasteiger partial charge in [0.05, 0.1) is 6.61 Å². The molecule has 0 fully saturated rings. The first kappa shape index (κ1) is 19.6. The number of rotatable bonds is 8. The topological polar surface area (TPSA) is 46.6 Å². The maximum absolute atomic E-state index is 12.7. The number of carbonyl (C=O) groups is 2. The predicted molar refractivity (Wildman–Crippen MR) is 63.7 cm³/mol. The molecule has 0 unspecified atom stereocenters.